The SMILES string of the molecule is CC(CN)CS(=O)CCc1ccccc1. The average Bonchev–Trinajstić information content (AvgIpc) is 2.27. The Morgan fingerprint density at radius 2 is 2.00 bits per heavy atom. The number of aryl methyl sites for hydroxylation is 1. The van der Waals surface area contributed by atoms with Crippen LogP contribution in [0.3, 0.4) is 0 Å². The van der Waals surface area contributed by atoms with Crippen molar-refractivity contribution in [2.75, 3.05) is 18.1 Å². The van der Waals surface area contributed by atoms with Gasteiger partial charge in [-0.3, -0.25) is 4.21 Å². The number of benzene rings is 1. The topological polar surface area (TPSA) is 43.1 Å². The predicted molar refractivity (Wildman–Crippen MR) is 66.2 cm³/mol. The highest BCUT2D eigenvalue weighted by Crippen LogP contribution is 2.02. The molecule has 2 N–H and O–H groups in total. The van der Waals surface area contributed by atoms with Crippen LogP contribution in [-0.4, -0.2) is 22.3 Å². The molecule has 1 aromatic carbocycles. The summed E-state index contributed by atoms with van der Waals surface area (Å²) in [6.45, 7) is 2.66. The molecule has 0 aliphatic rings. The molecule has 0 spiro atoms. The summed E-state index contributed by atoms with van der Waals surface area (Å²) in [5.41, 5.74) is 6.75. The van der Waals surface area contributed by atoms with Crippen molar-refractivity contribution in [2.45, 2.75) is 13.3 Å². The number of hydrogen-bond acceptors (Lipinski definition) is 2. The molecule has 1 aromatic rings. The van der Waals surface area contributed by atoms with Crippen molar-refractivity contribution in [1.29, 1.82) is 0 Å². The van der Waals surface area contributed by atoms with Crippen LogP contribution in [0.15, 0.2) is 30.3 Å². The average molecular weight is 225 g/mol. The predicted octanol–water partition coefficient (Wildman–Crippen LogP) is 1.57. The van der Waals surface area contributed by atoms with Gasteiger partial charge in [0, 0.05) is 22.3 Å². The van der Waals surface area contributed by atoms with E-state index in [1.165, 1.54) is 5.56 Å². The van der Waals surface area contributed by atoms with Crippen LogP contribution >= 0.6 is 0 Å². The van der Waals surface area contributed by atoms with E-state index < -0.39 is 10.8 Å². The largest absolute Gasteiger partial charge is 0.330 e. The Bertz CT molecular complexity index is 300. The lowest BCUT2D eigenvalue weighted by atomic mass is 10.2. The van der Waals surface area contributed by atoms with Gasteiger partial charge in [0.25, 0.3) is 0 Å². The lowest BCUT2D eigenvalue weighted by Gasteiger charge is -2.07. The van der Waals surface area contributed by atoms with Gasteiger partial charge in [0.2, 0.25) is 0 Å². The van der Waals surface area contributed by atoms with Gasteiger partial charge < -0.3 is 5.73 Å². The van der Waals surface area contributed by atoms with Crippen molar-refractivity contribution in [3.63, 3.8) is 0 Å². The minimum Gasteiger partial charge on any atom is -0.330 e. The summed E-state index contributed by atoms with van der Waals surface area (Å²) in [6, 6.07) is 10.2. The van der Waals surface area contributed by atoms with Crippen molar-refractivity contribution in [1.82, 2.24) is 0 Å². The van der Waals surface area contributed by atoms with Crippen LogP contribution in [0.4, 0.5) is 0 Å². The van der Waals surface area contributed by atoms with Crippen molar-refractivity contribution < 1.29 is 4.21 Å². The molecule has 0 fully saturated rings. The van der Waals surface area contributed by atoms with E-state index in [4.69, 9.17) is 5.73 Å². The van der Waals surface area contributed by atoms with E-state index in [1.54, 1.807) is 0 Å². The third-order valence-corrected chi connectivity index (χ3v) is 3.93. The maximum atomic E-state index is 11.6. The standard InChI is InChI=1S/C12H19NOS/c1-11(9-13)10-15(14)8-7-12-5-3-2-4-6-12/h2-6,11H,7-10,13H2,1H3. The molecule has 2 unspecified atom stereocenters. The first-order valence-corrected chi connectivity index (χ1v) is 6.80. The Morgan fingerprint density at radius 1 is 1.33 bits per heavy atom. The van der Waals surface area contributed by atoms with Crippen LogP contribution in [0.25, 0.3) is 0 Å². The first-order valence-electron chi connectivity index (χ1n) is 5.31. The van der Waals surface area contributed by atoms with Crippen LogP contribution in [0, 0.1) is 5.92 Å². The zero-order valence-electron chi connectivity index (χ0n) is 9.19. The summed E-state index contributed by atoms with van der Waals surface area (Å²) in [7, 11) is -0.730. The molecule has 2 atom stereocenters. The maximum absolute atomic E-state index is 11.6. The summed E-state index contributed by atoms with van der Waals surface area (Å²) < 4.78 is 11.6. The summed E-state index contributed by atoms with van der Waals surface area (Å²) in [5.74, 6) is 1.83. The molecule has 0 heterocycles. The van der Waals surface area contributed by atoms with Crippen LogP contribution in [0.5, 0.6) is 0 Å². The van der Waals surface area contributed by atoms with Gasteiger partial charge in [-0.25, -0.2) is 0 Å². The first kappa shape index (κ1) is 12.4. The van der Waals surface area contributed by atoms with Crippen molar-refractivity contribution >= 4 is 10.8 Å². The Morgan fingerprint density at radius 3 is 2.60 bits per heavy atom. The van der Waals surface area contributed by atoms with Gasteiger partial charge >= 0.3 is 0 Å². The summed E-state index contributed by atoms with van der Waals surface area (Å²) in [4.78, 5) is 0. The molecule has 84 valence electrons. The first-order chi connectivity index (χ1) is 7.22. The fourth-order valence-corrected chi connectivity index (χ4v) is 2.75. The molecule has 0 bridgehead atoms. The number of rotatable bonds is 6. The van der Waals surface area contributed by atoms with Gasteiger partial charge in [-0.15, -0.1) is 0 Å². The molecular formula is C12H19NOS. The van der Waals surface area contributed by atoms with Crippen LogP contribution < -0.4 is 5.73 Å². The van der Waals surface area contributed by atoms with E-state index in [0.29, 0.717) is 12.5 Å². The molecular weight excluding hydrogens is 206 g/mol. The van der Waals surface area contributed by atoms with Gasteiger partial charge in [-0.05, 0) is 24.4 Å². The fraction of sp³-hybridized carbons (Fsp3) is 0.500. The summed E-state index contributed by atoms with van der Waals surface area (Å²) in [6.07, 6.45) is 0.894. The van der Waals surface area contributed by atoms with Crippen molar-refractivity contribution in [3.05, 3.63) is 35.9 Å². The Labute approximate surface area is 94.3 Å². The number of nitrogens with two attached hydrogens (primary N) is 1. The van der Waals surface area contributed by atoms with Crippen LogP contribution in [0.1, 0.15) is 12.5 Å². The minimum absolute atomic E-state index is 0.363. The van der Waals surface area contributed by atoms with Crippen molar-refractivity contribution in [3.8, 4) is 0 Å². The lowest BCUT2D eigenvalue weighted by molar-refractivity contribution is 0.640. The number of hydrogen-bond donors (Lipinski definition) is 1. The highest BCUT2D eigenvalue weighted by atomic mass is 32.2. The lowest BCUT2D eigenvalue weighted by Crippen LogP contribution is -2.19. The Kier molecular flexibility index (Phi) is 5.58. The van der Waals surface area contributed by atoms with Gasteiger partial charge in [0.1, 0.15) is 0 Å². The molecule has 1 rings (SSSR count). The minimum atomic E-state index is -0.730. The van der Waals surface area contributed by atoms with E-state index in [0.717, 1.165) is 17.9 Å². The van der Waals surface area contributed by atoms with Gasteiger partial charge in [0.05, 0.1) is 0 Å². The Balaban J connectivity index is 2.29. The highest BCUT2D eigenvalue weighted by Gasteiger charge is 2.05. The van der Waals surface area contributed by atoms with E-state index in [1.807, 2.05) is 25.1 Å². The second-order valence-electron chi connectivity index (χ2n) is 3.89. The molecule has 2 nitrogen and oxygen atoms in total. The van der Waals surface area contributed by atoms with E-state index in [9.17, 15) is 4.21 Å². The normalized spacial score (nSPS) is 14.8. The molecule has 0 radical (unpaired) electrons. The fourth-order valence-electron chi connectivity index (χ4n) is 1.35. The van der Waals surface area contributed by atoms with Crippen molar-refractivity contribution in [2.24, 2.45) is 11.7 Å². The molecule has 0 aromatic heterocycles. The molecule has 0 aliphatic carbocycles. The zero-order chi connectivity index (χ0) is 11.1. The van der Waals surface area contributed by atoms with E-state index in [-0.39, 0.29) is 0 Å². The van der Waals surface area contributed by atoms with E-state index >= 15 is 0 Å². The summed E-state index contributed by atoms with van der Waals surface area (Å²) >= 11 is 0. The molecule has 0 saturated heterocycles. The highest BCUT2D eigenvalue weighted by molar-refractivity contribution is 7.84. The quantitative estimate of drug-likeness (QED) is 0.798. The summed E-state index contributed by atoms with van der Waals surface area (Å²) in [5, 5.41) is 0. The molecule has 0 amide bonds. The van der Waals surface area contributed by atoms with Crippen LogP contribution in [-0.2, 0) is 17.2 Å². The molecule has 0 saturated carbocycles. The van der Waals surface area contributed by atoms with Crippen LogP contribution in [0.2, 0.25) is 0 Å². The Hall–Kier alpha value is -0.670. The van der Waals surface area contributed by atoms with E-state index in [2.05, 4.69) is 12.1 Å². The van der Waals surface area contributed by atoms with Gasteiger partial charge in [-0.1, -0.05) is 37.3 Å². The molecule has 3 heteroatoms. The monoisotopic (exact) mass is 225 g/mol. The maximum Gasteiger partial charge on any atom is 0.0275 e. The van der Waals surface area contributed by atoms with Gasteiger partial charge in [-0.2, -0.15) is 0 Å². The third kappa shape index (κ3) is 5.09. The third-order valence-electron chi connectivity index (χ3n) is 2.33. The molecule has 0 aliphatic heterocycles. The zero-order valence-corrected chi connectivity index (χ0v) is 10.0. The second-order valence-corrected chi connectivity index (χ2v) is 5.51. The molecule has 15 heavy (non-hydrogen) atoms. The second kappa shape index (κ2) is 6.75. The van der Waals surface area contributed by atoms with Gasteiger partial charge in [0.15, 0.2) is 0 Å². The smallest absolute Gasteiger partial charge is 0.0275 e.